The first-order valence-corrected chi connectivity index (χ1v) is 8.99. The van der Waals surface area contributed by atoms with Crippen molar-refractivity contribution in [1.82, 2.24) is 20.6 Å². The van der Waals surface area contributed by atoms with Crippen LogP contribution in [0.15, 0.2) is 36.7 Å². The smallest absolute Gasteiger partial charge is 0.251 e. The van der Waals surface area contributed by atoms with Crippen LogP contribution in [0.1, 0.15) is 28.8 Å². The molecule has 1 aliphatic heterocycles. The van der Waals surface area contributed by atoms with E-state index in [1.807, 2.05) is 37.4 Å². The third-order valence-corrected chi connectivity index (χ3v) is 4.73. The first kappa shape index (κ1) is 18.1. The second kappa shape index (κ2) is 8.62. The Balaban J connectivity index is 1.54. The summed E-state index contributed by atoms with van der Waals surface area (Å²) in [6.45, 7) is 2.70. The molecule has 2 aromatic rings. The maximum atomic E-state index is 11.6. The van der Waals surface area contributed by atoms with Gasteiger partial charge in [0.25, 0.3) is 5.91 Å². The summed E-state index contributed by atoms with van der Waals surface area (Å²) in [6.07, 6.45) is 3.94. The maximum Gasteiger partial charge on any atom is 0.251 e. The Morgan fingerprint density at radius 3 is 2.77 bits per heavy atom. The molecular formula is C19H26N6O. The van der Waals surface area contributed by atoms with Crippen molar-refractivity contribution in [3.8, 4) is 0 Å². The van der Waals surface area contributed by atoms with Crippen molar-refractivity contribution < 1.29 is 4.79 Å². The lowest BCUT2D eigenvalue weighted by Crippen LogP contribution is -2.38. The molecule has 1 fully saturated rings. The van der Waals surface area contributed by atoms with E-state index >= 15 is 0 Å². The normalized spacial score (nSPS) is 16.5. The minimum atomic E-state index is -0.0584. The largest absolute Gasteiger partial charge is 0.373 e. The van der Waals surface area contributed by atoms with E-state index in [9.17, 15) is 4.79 Å². The predicted molar refractivity (Wildman–Crippen MR) is 103 cm³/mol. The average Bonchev–Trinajstić information content (AvgIpc) is 3.16. The maximum absolute atomic E-state index is 11.6. The van der Waals surface area contributed by atoms with Crippen molar-refractivity contribution in [2.24, 2.45) is 0 Å². The van der Waals surface area contributed by atoms with Crippen LogP contribution in [0.25, 0.3) is 0 Å². The van der Waals surface area contributed by atoms with Gasteiger partial charge in [0.15, 0.2) is 0 Å². The van der Waals surface area contributed by atoms with Gasteiger partial charge in [-0.05, 0) is 30.5 Å². The molecule has 3 rings (SSSR count). The standard InChI is InChI=1S/C19H26N6O/c1-20-17-10-18(24-13-23-17)25-9-3-4-16(25)12-22-11-14-5-7-15(8-6-14)19(26)21-2/h5-8,10,13,16,22H,3-4,9,11-12H2,1-2H3,(H,21,26)(H,20,23,24). The van der Waals surface area contributed by atoms with Crippen molar-refractivity contribution in [1.29, 1.82) is 0 Å². The third-order valence-electron chi connectivity index (χ3n) is 4.73. The second-order valence-corrected chi connectivity index (χ2v) is 6.41. The van der Waals surface area contributed by atoms with Crippen LogP contribution < -0.4 is 20.9 Å². The molecule has 1 saturated heterocycles. The van der Waals surface area contributed by atoms with Gasteiger partial charge in [0, 0.05) is 51.4 Å². The number of aromatic nitrogens is 2. The first-order chi connectivity index (χ1) is 12.7. The number of benzene rings is 1. The monoisotopic (exact) mass is 354 g/mol. The topological polar surface area (TPSA) is 82.2 Å². The van der Waals surface area contributed by atoms with Crippen LogP contribution in [0.2, 0.25) is 0 Å². The summed E-state index contributed by atoms with van der Waals surface area (Å²) < 4.78 is 0. The van der Waals surface area contributed by atoms with Crippen molar-refractivity contribution in [2.45, 2.75) is 25.4 Å². The number of nitrogens with one attached hydrogen (secondary N) is 3. The highest BCUT2D eigenvalue weighted by Crippen LogP contribution is 2.24. The number of carbonyl (C=O) groups is 1. The Morgan fingerprint density at radius 1 is 1.23 bits per heavy atom. The third kappa shape index (κ3) is 4.29. The Bertz CT molecular complexity index is 733. The van der Waals surface area contributed by atoms with Gasteiger partial charge in [-0.15, -0.1) is 0 Å². The minimum absolute atomic E-state index is 0.0584. The van der Waals surface area contributed by atoms with E-state index in [0.29, 0.717) is 11.6 Å². The molecule has 0 radical (unpaired) electrons. The molecule has 1 amide bonds. The van der Waals surface area contributed by atoms with E-state index in [4.69, 9.17) is 0 Å². The molecule has 0 saturated carbocycles. The summed E-state index contributed by atoms with van der Waals surface area (Å²) >= 11 is 0. The van der Waals surface area contributed by atoms with Crippen molar-refractivity contribution in [3.05, 3.63) is 47.8 Å². The van der Waals surface area contributed by atoms with Crippen molar-refractivity contribution >= 4 is 17.5 Å². The molecule has 2 heterocycles. The molecule has 7 nitrogen and oxygen atoms in total. The fourth-order valence-corrected chi connectivity index (χ4v) is 3.29. The minimum Gasteiger partial charge on any atom is -0.373 e. The van der Waals surface area contributed by atoms with Crippen molar-refractivity contribution in [2.75, 3.05) is 37.4 Å². The average molecular weight is 354 g/mol. The van der Waals surface area contributed by atoms with E-state index < -0.39 is 0 Å². The zero-order valence-corrected chi connectivity index (χ0v) is 15.3. The Hall–Kier alpha value is -2.67. The van der Waals surface area contributed by atoms with E-state index in [-0.39, 0.29) is 5.91 Å². The number of carbonyl (C=O) groups excluding carboxylic acids is 1. The fraction of sp³-hybridized carbons (Fsp3) is 0.421. The van der Waals surface area contributed by atoms with E-state index in [2.05, 4.69) is 30.8 Å². The van der Waals surface area contributed by atoms with Crippen LogP contribution in [-0.2, 0) is 6.54 Å². The molecule has 3 N–H and O–H groups in total. The lowest BCUT2D eigenvalue weighted by atomic mass is 10.1. The molecule has 1 unspecified atom stereocenters. The molecule has 0 spiro atoms. The number of hydrogen-bond donors (Lipinski definition) is 3. The SMILES string of the molecule is CNC(=O)c1ccc(CNCC2CCCN2c2cc(NC)ncn2)cc1. The van der Waals surface area contributed by atoms with Gasteiger partial charge in [-0.3, -0.25) is 4.79 Å². The first-order valence-electron chi connectivity index (χ1n) is 8.99. The van der Waals surface area contributed by atoms with Gasteiger partial charge < -0.3 is 20.9 Å². The number of hydrogen-bond acceptors (Lipinski definition) is 6. The Labute approximate surface area is 154 Å². The summed E-state index contributed by atoms with van der Waals surface area (Å²) in [7, 11) is 3.51. The number of rotatable bonds is 7. The summed E-state index contributed by atoms with van der Waals surface area (Å²) in [6, 6.07) is 10.1. The summed E-state index contributed by atoms with van der Waals surface area (Å²) in [4.78, 5) is 22.6. The summed E-state index contributed by atoms with van der Waals surface area (Å²) in [5.74, 6) is 1.75. The van der Waals surface area contributed by atoms with Gasteiger partial charge in [-0.1, -0.05) is 12.1 Å². The highest BCUT2D eigenvalue weighted by molar-refractivity contribution is 5.93. The predicted octanol–water partition coefficient (Wildman–Crippen LogP) is 1.64. The quantitative estimate of drug-likeness (QED) is 0.701. The van der Waals surface area contributed by atoms with Crippen LogP contribution in [0.3, 0.4) is 0 Å². The molecule has 1 aliphatic rings. The highest BCUT2D eigenvalue weighted by Gasteiger charge is 2.25. The molecule has 26 heavy (non-hydrogen) atoms. The molecule has 1 atom stereocenters. The zero-order chi connectivity index (χ0) is 18.4. The number of anilines is 2. The van der Waals surface area contributed by atoms with E-state index in [1.54, 1.807) is 13.4 Å². The van der Waals surface area contributed by atoms with Gasteiger partial charge >= 0.3 is 0 Å². The van der Waals surface area contributed by atoms with Gasteiger partial charge in [-0.2, -0.15) is 0 Å². The van der Waals surface area contributed by atoms with Crippen LogP contribution >= 0.6 is 0 Å². The lowest BCUT2D eigenvalue weighted by molar-refractivity contribution is 0.0963. The van der Waals surface area contributed by atoms with Crippen LogP contribution in [0.5, 0.6) is 0 Å². The molecule has 1 aromatic heterocycles. The van der Waals surface area contributed by atoms with E-state index in [1.165, 1.54) is 12.0 Å². The Kier molecular flexibility index (Phi) is 6.01. The van der Waals surface area contributed by atoms with Gasteiger partial charge in [0.1, 0.15) is 18.0 Å². The molecule has 1 aromatic carbocycles. The summed E-state index contributed by atoms with van der Waals surface area (Å²) in [5.41, 5.74) is 1.85. The van der Waals surface area contributed by atoms with Crippen LogP contribution in [0, 0.1) is 0 Å². The van der Waals surface area contributed by atoms with Crippen LogP contribution in [-0.4, -0.2) is 49.1 Å². The van der Waals surface area contributed by atoms with E-state index in [0.717, 1.165) is 37.7 Å². The zero-order valence-electron chi connectivity index (χ0n) is 15.3. The molecular weight excluding hydrogens is 328 g/mol. The Morgan fingerprint density at radius 2 is 2.04 bits per heavy atom. The molecule has 7 heteroatoms. The second-order valence-electron chi connectivity index (χ2n) is 6.41. The lowest BCUT2D eigenvalue weighted by Gasteiger charge is -2.26. The fourth-order valence-electron chi connectivity index (χ4n) is 3.29. The highest BCUT2D eigenvalue weighted by atomic mass is 16.1. The molecule has 0 bridgehead atoms. The van der Waals surface area contributed by atoms with Gasteiger partial charge in [0.05, 0.1) is 0 Å². The molecule has 0 aliphatic carbocycles. The number of amides is 1. The molecule has 138 valence electrons. The van der Waals surface area contributed by atoms with Gasteiger partial charge in [-0.25, -0.2) is 9.97 Å². The number of nitrogens with zero attached hydrogens (tertiary/aromatic N) is 3. The summed E-state index contributed by atoms with van der Waals surface area (Å²) in [5, 5.41) is 9.23. The van der Waals surface area contributed by atoms with Crippen molar-refractivity contribution in [3.63, 3.8) is 0 Å². The van der Waals surface area contributed by atoms with Gasteiger partial charge in [0.2, 0.25) is 0 Å². The van der Waals surface area contributed by atoms with Crippen LogP contribution in [0.4, 0.5) is 11.6 Å².